The van der Waals surface area contributed by atoms with E-state index in [1.165, 1.54) is 0 Å². The van der Waals surface area contributed by atoms with Gasteiger partial charge in [-0.05, 0) is 24.4 Å². The summed E-state index contributed by atoms with van der Waals surface area (Å²) in [6.45, 7) is 7.59. The van der Waals surface area contributed by atoms with E-state index < -0.39 is 14.3 Å². The lowest BCUT2D eigenvalue weighted by Crippen LogP contribution is -2.49. The molecule has 1 unspecified atom stereocenters. The van der Waals surface area contributed by atoms with E-state index in [0.29, 0.717) is 13.2 Å². The molecule has 114 valence electrons. The standard InChI is InChI=1S/C16H28O3Si/c1-4-12-18-20(14-6-3,19-13-5-2)16(17)15-10-8-7-9-11-15/h7-11,16-17H,4-6,12-14H2,1-3H3. The zero-order valence-electron chi connectivity index (χ0n) is 13.0. The molecule has 0 aliphatic carbocycles. The lowest BCUT2D eigenvalue weighted by molar-refractivity contribution is 0.102. The molecule has 0 heterocycles. The molecule has 1 rings (SSSR count). The molecule has 0 saturated heterocycles. The quantitative estimate of drug-likeness (QED) is 0.664. The first-order valence-corrected chi connectivity index (χ1v) is 9.81. The number of aliphatic hydroxyl groups excluding tert-OH is 1. The van der Waals surface area contributed by atoms with E-state index >= 15 is 0 Å². The van der Waals surface area contributed by atoms with Crippen LogP contribution in [0.5, 0.6) is 0 Å². The summed E-state index contributed by atoms with van der Waals surface area (Å²) >= 11 is 0. The number of rotatable bonds is 10. The molecule has 0 amide bonds. The van der Waals surface area contributed by atoms with Crippen molar-refractivity contribution in [2.45, 2.75) is 51.8 Å². The number of hydrogen-bond acceptors (Lipinski definition) is 3. The summed E-state index contributed by atoms with van der Waals surface area (Å²) in [5.41, 5.74) is 0.279. The van der Waals surface area contributed by atoms with Gasteiger partial charge in [-0.2, -0.15) is 0 Å². The van der Waals surface area contributed by atoms with Crippen LogP contribution in [0, 0.1) is 0 Å². The fourth-order valence-corrected chi connectivity index (χ4v) is 5.73. The molecule has 0 radical (unpaired) electrons. The van der Waals surface area contributed by atoms with Gasteiger partial charge >= 0.3 is 8.56 Å². The molecular formula is C16H28O3Si. The van der Waals surface area contributed by atoms with Gasteiger partial charge in [0.1, 0.15) is 5.73 Å². The Kier molecular flexibility index (Phi) is 8.07. The minimum atomic E-state index is -2.63. The maximum atomic E-state index is 10.8. The molecule has 3 nitrogen and oxygen atoms in total. The Morgan fingerprint density at radius 3 is 1.95 bits per heavy atom. The van der Waals surface area contributed by atoms with Gasteiger partial charge in [0.25, 0.3) is 0 Å². The first-order valence-electron chi connectivity index (χ1n) is 7.71. The van der Waals surface area contributed by atoms with Crippen LogP contribution in [0.3, 0.4) is 0 Å². The summed E-state index contributed by atoms with van der Waals surface area (Å²) < 4.78 is 12.2. The average molecular weight is 296 g/mol. The largest absolute Gasteiger partial charge is 0.393 e. The first-order chi connectivity index (χ1) is 9.70. The van der Waals surface area contributed by atoms with Crippen molar-refractivity contribution < 1.29 is 14.0 Å². The SMILES string of the molecule is CCCO[Si](CCC)(OCCC)C(O)c1ccccc1. The smallest absolute Gasteiger partial charge is 0.372 e. The lowest BCUT2D eigenvalue weighted by Gasteiger charge is -2.34. The summed E-state index contributed by atoms with van der Waals surface area (Å²) in [6.07, 6.45) is 2.84. The molecule has 1 aromatic carbocycles. The van der Waals surface area contributed by atoms with Crippen LogP contribution in [0.1, 0.15) is 51.3 Å². The van der Waals surface area contributed by atoms with Gasteiger partial charge in [0.15, 0.2) is 0 Å². The van der Waals surface area contributed by atoms with Crippen molar-refractivity contribution in [2.24, 2.45) is 0 Å². The van der Waals surface area contributed by atoms with E-state index in [0.717, 1.165) is 30.9 Å². The van der Waals surface area contributed by atoms with Gasteiger partial charge in [-0.3, -0.25) is 0 Å². The summed E-state index contributed by atoms with van der Waals surface area (Å²) in [5.74, 6) is 0. The molecule has 0 bridgehead atoms. The van der Waals surface area contributed by atoms with Crippen molar-refractivity contribution in [1.29, 1.82) is 0 Å². The van der Waals surface area contributed by atoms with Gasteiger partial charge in [-0.25, -0.2) is 0 Å². The third kappa shape index (κ3) is 4.70. The van der Waals surface area contributed by atoms with E-state index in [4.69, 9.17) is 8.85 Å². The van der Waals surface area contributed by atoms with Gasteiger partial charge in [-0.1, -0.05) is 57.5 Å². The molecule has 20 heavy (non-hydrogen) atoms. The molecule has 1 atom stereocenters. The Morgan fingerprint density at radius 2 is 1.50 bits per heavy atom. The Bertz CT molecular complexity index is 348. The highest BCUT2D eigenvalue weighted by molar-refractivity contribution is 6.68. The molecule has 0 aromatic heterocycles. The van der Waals surface area contributed by atoms with Gasteiger partial charge in [-0.15, -0.1) is 0 Å². The van der Waals surface area contributed by atoms with Crippen LogP contribution in [0.25, 0.3) is 0 Å². The van der Waals surface area contributed by atoms with Crippen molar-refractivity contribution in [3.63, 3.8) is 0 Å². The molecule has 1 aromatic rings. The van der Waals surface area contributed by atoms with Crippen molar-refractivity contribution in [3.05, 3.63) is 35.9 Å². The average Bonchev–Trinajstić information content (AvgIpc) is 2.50. The summed E-state index contributed by atoms with van der Waals surface area (Å²) in [6, 6.07) is 10.6. The highest BCUT2D eigenvalue weighted by atomic mass is 28.4. The Morgan fingerprint density at radius 1 is 0.950 bits per heavy atom. The Labute approximate surface area is 124 Å². The van der Waals surface area contributed by atoms with Gasteiger partial charge in [0.05, 0.1) is 0 Å². The van der Waals surface area contributed by atoms with Crippen LogP contribution in [-0.4, -0.2) is 26.9 Å². The maximum absolute atomic E-state index is 10.8. The molecule has 0 aliphatic rings. The van der Waals surface area contributed by atoms with E-state index in [1.54, 1.807) is 0 Å². The van der Waals surface area contributed by atoms with Gasteiger partial charge < -0.3 is 14.0 Å². The molecule has 0 aliphatic heterocycles. The van der Waals surface area contributed by atoms with Gasteiger partial charge in [0.2, 0.25) is 0 Å². The molecule has 1 N–H and O–H groups in total. The molecule has 0 spiro atoms. The highest BCUT2D eigenvalue weighted by Crippen LogP contribution is 2.31. The second-order valence-corrected chi connectivity index (χ2v) is 8.32. The minimum Gasteiger partial charge on any atom is -0.393 e. The van der Waals surface area contributed by atoms with Crippen molar-refractivity contribution in [3.8, 4) is 0 Å². The van der Waals surface area contributed by atoms with Gasteiger partial charge in [0, 0.05) is 13.2 Å². The minimum absolute atomic E-state index is 0.623. The van der Waals surface area contributed by atoms with Crippen molar-refractivity contribution in [2.75, 3.05) is 13.2 Å². The number of aliphatic hydroxyl groups is 1. The van der Waals surface area contributed by atoms with Crippen molar-refractivity contribution in [1.82, 2.24) is 0 Å². The molecule has 4 heteroatoms. The third-order valence-corrected chi connectivity index (χ3v) is 6.98. The lowest BCUT2D eigenvalue weighted by atomic mass is 10.2. The third-order valence-electron chi connectivity index (χ3n) is 3.23. The second kappa shape index (κ2) is 9.29. The Hall–Kier alpha value is -0.683. The van der Waals surface area contributed by atoms with Crippen molar-refractivity contribution >= 4 is 8.56 Å². The maximum Gasteiger partial charge on any atom is 0.372 e. The zero-order chi connectivity index (χ0) is 14.8. The fraction of sp³-hybridized carbons (Fsp3) is 0.625. The monoisotopic (exact) mass is 296 g/mol. The summed E-state index contributed by atoms with van der Waals surface area (Å²) in [4.78, 5) is 0. The number of hydrogen-bond donors (Lipinski definition) is 1. The molecular weight excluding hydrogens is 268 g/mol. The summed E-state index contributed by atoms with van der Waals surface area (Å²) in [7, 11) is -2.63. The van der Waals surface area contributed by atoms with E-state index in [1.807, 2.05) is 30.3 Å². The normalized spacial score (nSPS) is 13.4. The summed E-state index contributed by atoms with van der Waals surface area (Å²) in [5, 5.41) is 10.8. The Balaban J connectivity index is 2.98. The van der Waals surface area contributed by atoms with Crippen LogP contribution < -0.4 is 0 Å². The second-order valence-electron chi connectivity index (χ2n) is 5.07. The van der Waals surface area contributed by atoms with Crippen LogP contribution >= 0.6 is 0 Å². The number of benzene rings is 1. The zero-order valence-corrected chi connectivity index (χ0v) is 14.0. The predicted octanol–water partition coefficient (Wildman–Crippen LogP) is 3.96. The van der Waals surface area contributed by atoms with Crippen LogP contribution in [0.15, 0.2) is 30.3 Å². The fourth-order valence-electron chi connectivity index (χ4n) is 2.27. The van der Waals surface area contributed by atoms with Crippen LogP contribution in [0.2, 0.25) is 6.04 Å². The van der Waals surface area contributed by atoms with E-state index in [-0.39, 0.29) is 0 Å². The van der Waals surface area contributed by atoms with E-state index in [2.05, 4.69) is 20.8 Å². The molecule has 0 fully saturated rings. The van der Waals surface area contributed by atoms with Crippen LogP contribution in [0.4, 0.5) is 0 Å². The highest BCUT2D eigenvalue weighted by Gasteiger charge is 2.45. The van der Waals surface area contributed by atoms with Crippen LogP contribution in [-0.2, 0) is 8.85 Å². The van der Waals surface area contributed by atoms with E-state index in [9.17, 15) is 5.11 Å². The topological polar surface area (TPSA) is 38.7 Å². The molecule has 0 saturated carbocycles. The first kappa shape index (κ1) is 17.4. The predicted molar refractivity (Wildman–Crippen MR) is 84.7 cm³/mol.